The lowest BCUT2D eigenvalue weighted by Crippen LogP contribution is -2.17. The first-order valence-corrected chi connectivity index (χ1v) is 11.2. The van der Waals surface area contributed by atoms with Crippen LogP contribution in [-0.2, 0) is 0 Å². The fourth-order valence-electron chi connectivity index (χ4n) is 4.01. The zero-order valence-corrected chi connectivity index (χ0v) is 19.3. The molecule has 2 aromatic heterocycles. The van der Waals surface area contributed by atoms with Crippen LogP contribution in [0.1, 0.15) is 47.7 Å². The number of methoxy groups -OCH3 is 1. The zero-order chi connectivity index (χ0) is 25.2. The first-order valence-electron chi connectivity index (χ1n) is 11.2. The summed E-state index contributed by atoms with van der Waals surface area (Å²) in [4.78, 5) is 29.0. The number of benzene rings is 2. The van der Waals surface area contributed by atoms with E-state index in [2.05, 4.69) is 9.97 Å². The molecule has 4 aromatic rings. The highest BCUT2D eigenvalue weighted by molar-refractivity contribution is 6.03. The first kappa shape index (κ1) is 25.6. The Labute approximate surface area is 201 Å². The number of nitrogens with zero attached hydrogens (tertiary/aromatic N) is 1. The van der Waals surface area contributed by atoms with Crippen molar-refractivity contribution in [2.24, 2.45) is 5.73 Å². The number of pyridine rings is 2. The number of carbonyl (C=O) groups is 1. The number of aromatic amines is 1. The third-order valence-electron chi connectivity index (χ3n) is 5.65. The van der Waals surface area contributed by atoms with E-state index in [-0.39, 0.29) is 22.3 Å². The van der Waals surface area contributed by atoms with Crippen molar-refractivity contribution in [1.29, 1.82) is 0 Å². The molecule has 0 radical (unpaired) electrons. The molecule has 8 heteroatoms. The van der Waals surface area contributed by atoms with Crippen LogP contribution in [0.5, 0.6) is 5.75 Å². The van der Waals surface area contributed by atoms with Gasteiger partial charge in [0.15, 0.2) is 17.0 Å². The van der Waals surface area contributed by atoms with Crippen molar-refractivity contribution in [3.05, 3.63) is 106 Å². The van der Waals surface area contributed by atoms with Crippen molar-refractivity contribution in [3.8, 4) is 5.75 Å². The maximum atomic E-state index is 13.4. The molecule has 6 nitrogen and oxygen atoms in total. The molecule has 0 aliphatic heterocycles. The van der Waals surface area contributed by atoms with Gasteiger partial charge in [-0.25, -0.2) is 4.39 Å². The van der Waals surface area contributed by atoms with E-state index in [1.165, 1.54) is 31.6 Å². The van der Waals surface area contributed by atoms with Crippen LogP contribution in [0.15, 0.2) is 77.9 Å². The first-order chi connectivity index (χ1) is 16.9. The molecular formula is C27H27F2N3O3. The number of hydrogen-bond donors (Lipinski definition) is 2. The molecule has 2 heterocycles. The largest absolute Gasteiger partial charge is 0.493 e. The molecule has 5 rings (SSSR count). The van der Waals surface area contributed by atoms with Crippen molar-refractivity contribution in [2.45, 2.75) is 31.6 Å². The molecule has 1 saturated carbocycles. The van der Waals surface area contributed by atoms with Crippen molar-refractivity contribution < 1.29 is 18.3 Å². The number of primary amides is 1. The summed E-state index contributed by atoms with van der Waals surface area (Å²) in [7, 11) is 1.39. The molecule has 2 aromatic carbocycles. The summed E-state index contributed by atoms with van der Waals surface area (Å²) >= 11 is 0. The monoisotopic (exact) mass is 479 g/mol. The normalized spacial score (nSPS) is 12.8. The second-order valence-corrected chi connectivity index (χ2v) is 7.91. The van der Waals surface area contributed by atoms with Crippen LogP contribution in [0, 0.1) is 11.6 Å². The van der Waals surface area contributed by atoms with Gasteiger partial charge in [-0.2, -0.15) is 4.39 Å². The molecule has 0 unspecified atom stereocenters. The maximum Gasteiger partial charge on any atom is 0.268 e. The van der Waals surface area contributed by atoms with Gasteiger partial charge in [0.1, 0.15) is 5.69 Å². The molecule has 0 atom stereocenters. The number of hydrogen-bond acceptors (Lipinski definition) is 4. The predicted molar refractivity (Wildman–Crippen MR) is 131 cm³/mol. The average Bonchev–Trinajstić information content (AvgIpc) is 3.42. The zero-order valence-electron chi connectivity index (χ0n) is 19.3. The molecule has 1 amide bonds. The molecule has 182 valence electrons. The highest BCUT2D eigenvalue weighted by Gasteiger charge is 2.23. The molecule has 1 aliphatic rings. The summed E-state index contributed by atoms with van der Waals surface area (Å²) < 4.78 is 31.3. The van der Waals surface area contributed by atoms with Crippen LogP contribution in [0.4, 0.5) is 8.78 Å². The van der Waals surface area contributed by atoms with Crippen LogP contribution in [0.25, 0.3) is 10.9 Å². The van der Waals surface area contributed by atoms with E-state index in [0.717, 1.165) is 31.2 Å². The summed E-state index contributed by atoms with van der Waals surface area (Å²) in [6.45, 7) is 0. The van der Waals surface area contributed by atoms with Crippen LogP contribution in [-0.4, -0.2) is 23.0 Å². The Morgan fingerprint density at radius 2 is 1.66 bits per heavy atom. The Morgan fingerprint density at radius 3 is 2.23 bits per heavy atom. The number of amides is 1. The average molecular weight is 480 g/mol. The van der Waals surface area contributed by atoms with Crippen molar-refractivity contribution >= 4 is 16.8 Å². The van der Waals surface area contributed by atoms with Crippen LogP contribution < -0.4 is 15.9 Å². The number of fused-ring (bicyclic) bond motifs is 1. The van der Waals surface area contributed by atoms with E-state index < -0.39 is 17.5 Å². The molecule has 0 bridgehead atoms. The SMILES string of the molecule is COc1c(C2CCCC2)ccc(F)c1F.NC(=O)c1nccc2[nH]ccc(=O)c12.c1ccccc1. The van der Waals surface area contributed by atoms with E-state index in [9.17, 15) is 18.4 Å². The van der Waals surface area contributed by atoms with Gasteiger partial charge in [-0.1, -0.05) is 55.3 Å². The van der Waals surface area contributed by atoms with Gasteiger partial charge < -0.3 is 15.5 Å². The molecule has 0 spiro atoms. The minimum Gasteiger partial charge on any atom is -0.493 e. The number of aromatic nitrogens is 2. The van der Waals surface area contributed by atoms with Crippen LogP contribution >= 0.6 is 0 Å². The van der Waals surface area contributed by atoms with Gasteiger partial charge in [0.2, 0.25) is 5.82 Å². The molecule has 35 heavy (non-hydrogen) atoms. The Hall–Kier alpha value is -4.07. The van der Waals surface area contributed by atoms with Crippen LogP contribution in [0.2, 0.25) is 0 Å². The number of nitrogens with one attached hydrogen (secondary N) is 1. The number of halogens is 2. The molecule has 1 aliphatic carbocycles. The molecule has 1 fully saturated rings. The van der Waals surface area contributed by atoms with Gasteiger partial charge >= 0.3 is 0 Å². The van der Waals surface area contributed by atoms with Gasteiger partial charge in [-0.05, 0) is 30.9 Å². The molecule has 0 saturated heterocycles. The third-order valence-corrected chi connectivity index (χ3v) is 5.65. The standard InChI is InChI=1S/C12H14F2O.C9H7N3O2.C6H6/c1-15-12-9(8-4-2-3-5-8)6-7-10(13)11(12)14;10-9(14)8-7-5(1-3-12-8)11-4-2-6(7)13;1-2-4-6-5-3-1/h6-8H,2-5H2,1H3;1-4H,(H2,10,14)(H,11,13);1-6H. The van der Waals surface area contributed by atoms with E-state index in [4.69, 9.17) is 10.5 Å². The maximum absolute atomic E-state index is 13.4. The summed E-state index contributed by atoms with van der Waals surface area (Å²) in [5.74, 6) is -1.99. The Kier molecular flexibility index (Phi) is 9.06. The number of nitrogens with two attached hydrogens (primary N) is 1. The highest BCUT2D eigenvalue weighted by Crippen LogP contribution is 2.40. The second-order valence-electron chi connectivity index (χ2n) is 7.91. The van der Waals surface area contributed by atoms with Crippen LogP contribution in [0.3, 0.4) is 0 Å². The third kappa shape index (κ3) is 6.50. The number of rotatable bonds is 3. The lowest BCUT2D eigenvalue weighted by molar-refractivity contribution is 0.0997. The fourth-order valence-corrected chi connectivity index (χ4v) is 4.01. The predicted octanol–water partition coefficient (Wildman–Crippen LogP) is 5.34. The second kappa shape index (κ2) is 12.4. The van der Waals surface area contributed by atoms with Crippen molar-refractivity contribution in [2.75, 3.05) is 7.11 Å². The smallest absolute Gasteiger partial charge is 0.268 e. The number of carbonyl (C=O) groups excluding carboxylic acids is 1. The quantitative estimate of drug-likeness (QED) is 0.414. The summed E-state index contributed by atoms with van der Waals surface area (Å²) in [6.07, 6.45) is 7.34. The van der Waals surface area contributed by atoms with E-state index >= 15 is 0 Å². The summed E-state index contributed by atoms with van der Waals surface area (Å²) in [5.41, 5.74) is 6.21. The minimum absolute atomic E-state index is 0.00403. The van der Waals surface area contributed by atoms with Gasteiger partial charge in [-0.3, -0.25) is 14.6 Å². The summed E-state index contributed by atoms with van der Waals surface area (Å²) in [6, 6.07) is 17.8. The molecular weight excluding hydrogens is 452 g/mol. The van der Waals surface area contributed by atoms with Gasteiger partial charge in [0, 0.05) is 24.0 Å². The topological polar surface area (TPSA) is 98.1 Å². The highest BCUT2D eigenvalue weighted by atomic mass is 19.2. The number of H-pyrrole nitrogens is 1. The van der Waals surface area contributed by atoms with Crippen molar-refractivity contribution in [1.82, 2.24) is 9.97 Å². The van der Waals surface area contributed by atoms with E-state index in [1.54, 1.807) is 12.1 Å². The summed E-state index contributed by atoms with van der Waals surface area (Å²) in [5, 5.41) is 0.238. The molecule has 3 N–H and O–H groups in total. The van der Waals surface area contributed by atoms with Gasteiger partial charge in [0.05, 0.1) is 18.0 Å². The van der Waals surface area contributed by atoms with E-state index in [1.807, 2.05) is 36.4 Å². The minimum atomic E-state index is -0.859. The van der Waals surface area contributed by atoms with E-state index in [0.29, 0.717) is 11.4 Å². The van der Waals surface area contributed by atoms with Crippen molar-refractivity contribution in [3.63, 3.8) is 0 Å². The number of ether oxygens (including phenoxy) is 1. The lowest BCUT2D eigenvalue weighted by atomic mass is 9.96. The Morgan fingerprint density at radius 1 is 1.03 bits per heavy atom. The lowest BCUT2D eigenvalue weighted by Gasteiger charge is -2.14. The Balaban J connectivity index is 0.000000159. The van der Waals surface area contributed by atoms with Gasteiger partial charge in [0.25, 0.3) is 5.91 Å². The fraction of sp³-hybridized carbons (Fsp3) is 0.222. The van der Waals surface area contributed by atoms with Gasteiger partial charge in [-0.15, -0.1) is 0 Å². The Bertz CT molecular complexity index is 1290.